The zero-order valence-corrected chi connectivity index (χ0v) is 18.6. The van der Waals surface area contributed by atoms with E-state index in [9.17, 15) is 4.79 Å². The summed E-state index contributed by atoms with van der Waals surface area (Å²) in [7, 11) is 1.70. The lowest BCUT2D eigenvalue weighted by Crippen LogP contribution is -2.62. The summed E-state index contributed by atoms with van der Waals surface area (Å²) < 4.78 is 5.28. The van der Waals surface area contributed by atoms with Crippen LogP contribution in [-0.2, 0) is 4.79 Å². The van der Waals surface area contributed by atoms with E-state index in [1.807, 2.05) is 12.1 Å². The van der Waals surface area contributed by atoms with Gasteiger partial charge in [0, 0.05) is 37.4 Å². The lowest BCUT2D eigenvalue weighted by atomic mass is 9.53. The van der Waals surface area contributed by atoms with Gasteiger partial charge in [-0.2, -0.15) is 0 Å². The van der Waals surface area contributed by atoms with Gasteiger partial charge in [0.15, 0.2) is 0 Å². The lowest BCUT2D eigenvalue weighted by molar-refractivity contribution is -0.131. The molecule has 1 N–H and O–H groups in total. The number of anilines is 1. The average Bonchev–Trinajstić information content (AvgIpc) is 2.98. The maximum Gasteiger partial charge on any atom is 0.237 e. The van der Waals surface area contributed by atoms with Gasteiger partial charge in [-0.05, 0) is 93.9 Å². The topological polar surface area (TPSA) is 44.8 Å². The maximum atomic E-state index is 13.3. The van der Waals surface area contributed by atoms with Crippen LogP contribution in [0, 0.1) is 17.8 Å². The molecule has 1 aromatic rings. The molecule has 1 saturated heterocycles. The van der Waals surface area contributed by atoms with Crippen molar-refractivity contribution in [2.45, 2.75) is 63.5 Å². The van der Waals surface area contributed by atoms with Gasteiger partial charge in [0.25, 0.3) is 0 Å². The molecule has 5 nitrogen and oxygen atoms in total. The van der Waals surface area contributed by atoms with Crippen molar-refractivity contribution in [1.29, 1.82) is 0 Å². The smallest absolute Gasteiger partial charge is 0.237 e. The van der Waals surface area contributed by atoms with Gasteiger partial charge in [0.2, 0.25) is 5.91 Å². The number of carbonyl (C=O) groups excluding carboxylic acids is 1. The van der Waals surface area contributed by atoms with E-state index < -0.39 is 0 Å². The summed E-state index contributed by atoms with van der Waals surface area (Å²) in [6, 6.07) is 8.28. The van der Waals surface area contributed by atoms with E-state index in [2.05, 4.69) is 34.2 Å². The Hall–Kier alpha value is -1.75. The molecular formula is C25H37N3O2. The predicted octanol–water partition coefficient (Wildman–Crippen LogP) is 3.68. The van der Waals surface area contributed by atoms with Gasteiger partial charge in [-0.15, -0.1) is 0 Å². The minimum absolute atomic E-state index is 0.0474. The molecule has 5 aliphatic rings. The second kappa shape index (κ2) is 8.07. The normalized spacial score (nSPS) is 34.5. The molecule has 0 spiro atoms. The summed E-state index contributed by atoms with van der Waals surface area (Å²) >= 11 is 0. The largest absolute Gasteiger partial charge is 0.497 e. The number of ether oxygens (including phenoxy) is 1. The summed E-state index contributed by atoms with van der Waals surface area (Å²) in [5, 5.41) is 3.59. The molecule has 1 unspecified atom stereocenters. The highest BCUT2D eigenvalue weighted by Crippen LogP contribution is 2.55. The minimum atomic E-state index is -0.0474. The monoisotopic (exact) mass is 411 g/mol. The van der Waals surface area contributed by atoms with Gasteiger partial charge >= 0.3 is 0 Å². The highest BCUT2D eigenvalue weighted by Gasteiger charge is 2.51. The van der Waals surface area contributed by atoms with Crippen molar-refractivity contribution < 1.29 is 9.53 Å². The van der Waals surface area contributed by atoms with E-state index in [1.54, 1.807) is 7.11 Å². The Bertz CT molecular complexity index is 727. The molecule has 5 fully saturated rings. The van der Waals surface area contributed by atoms with Crippen molar-refractivity contribution in [3.05, 3.63) is 24.3 Å². The van der Waals surface area contributed by atoms with E-state index in [4.69, 9.17) is 4.74 Å². The SMILES string of the molecule is COc1ccc(N2CCCN(C(C)C(=O)NC34CC5CC(CC(C5)C3)C4)CC2)cc1. The van der Waals surface area contributed by atoms with Gasteiger partial charge in [0.1, 0.15) is 5.75 Å². The molecular weight excluding hydrogens is 374 g/mol. The van der Waals surface area contributed by atoms with Crippen LogP contribution in [0.25, 0.3) is 0 Å². The second-order valence-electron chi connectivity index (χ2n) is 10.4. The van der Waals surface area contributed by atoms with Crippen molar-refractivity contribution in [2.24, 2.45) is 17.8 Å². The van der Waals surface area contributed by atoms with E-state index in [0.29, 0.717) is 0 Å². The summed E-state index contributed by atoms with van der Waals surface area (Å²) in [6.45, 7) is 6.02. The Morgan fingerprint density at radius 1 is 1.00 bits per heavy atom. The Kier molecular flexibility index (Phi) is 5.42. The van der Waals surface area contributed by atoms with Crippen LogP contribution in [0.15, 0.2) is 24.3 Å². The van der Waals surface area contributed by atoms with E-state index in [1.165, 1.54) is 44.2 Å². The number of carbonyl (C=O) groups is 1. The van der Waals surface area contributed by atoms with Gasteiger partial charge in [0.05, 0.1) is 13.2 Å². The predicted molar refractivity (Wildman–Crippen MR) is 120 cm³/mol. The molecule has 1 heterocycles. The summed E-state index contributed by atoms with van der Waals surface area (Å²) in [5.41, 5.74) is 1.35. The van der Waals surface area contributed by atoms with E-state index in [0.717, 1.165) is 56.1 Å². The van der Waals surface area contributed by atoms with Crippen molar-refractivity contribution in [1.82, 2.24) is 10.2 Å². The fourth-order valence-corrected chi connectivity index (χ4v) is 7.17. The standard InChI is InChI=1S/C25H37N3O2/c1-18(24(29)26-25-15-19-12-20(16-25)14-21(13-19)17-25)27-8-3-9-28(11-10-27)22-4-6-23(30-2)7-5-22/h4-7,18-21H,3,8-17H2,1-2H3,(H,26,29). The number of methoxy groups -OCH3 is 1. The fourth-order valence-electron chi connectivity index (χ4n) is 7.17. The van der Waals surface area contributed by atoms with Crippen LogP contribution in [0.1, 0.15) is 51.9 Å². The van der Waals surface area contributed by atoms with Crippen molar-refractivity contribution >= 4 is 11.6 Å². The highest BCUT2D eigenvalue weighted by atomic mass is 16.5. The van der Waals surface area contributed by atoms with Crippen LogP contribution in [0.5, 0.6) is 5.75 Å². The zero-order valence-electron chi connectivity index (χ0n) is 18.6. The molecule has 164 valence electrons. The van der Waals surface area contributed by atoms with Gasteiger partial charge in [-0.3, -0.25) is 9.69 Å². The maximum absolute atomic E-state index is 13.3. The van der Waals surface area contributed by atoms with Crippen LogP contribution in [0.3, 0.4) is 0 Å². The number of nitrogens with one attached hydrogen (secondary N) is 1. The molecule has 0 radical (unpaired) electrons. The molecule has 1 aliphatic heterocycles. The first-order valence-electron chi connectivity index (χ1n) is 12.0. The van der Waals surface area contributed by atoms with Crippen LogP contribution in [0.2, 0.25) is 0 Å². The molecule has 6 rings (SSSR count). The van der Waals surface area contributed by atoms with Crippen molar-refractivity contribution in [3.8, 4) is 5.75 Å². The Balaban J connectivity index is 1.19. The molecule has 1 aromatic carbocycles. The molecule has 4 bridgehead atoms. The molecule has 1 amide bonds. The van der Waals surface area contributed by atoms with Crippen LogP contribution in [-0.4, -0.2) is 55.7 Å². The second-order valence-corrected chi connectivity index (χ2v) is 10.4. The quantitative estimate of drug-likeness (QED) is 0.803. The Morgan fingerprint density at radius 3 is 2.23 bits per heavy atom. The molecule has 4 saturated carbocycles. The van der Waals surface area contributed by atoms with Crippen LogP contribution >= 0.6 is 0 Å². The van der Waals surface area contributed by atoms with Crippen molar-refractivity contribution in [3.63, 3.8) is 0 Å². The third kappa shape index (κ3) is 3.93. The third-order valence-electron chi connectivity index (χ3n) is 8.32. The third-order valence-corrected chi connectivity index (χ3v) is 8.32. The Labute approximate surface area is 181 Å². The Morgan fingerprint density at radius 2 is 1.63 bits per heavy atom. The summed E-state index contributed by atoms with van der Waals surface area (Å²) in [6.07, 6.45) is 9.00. The number of hydrogen-bond acceptors (Lipinski definition) is 4. The number of amides is 1. The fraction of sp³-hybridized carbons (Fsp3) is 0.720. The molecule has 0 aromatic heterocycles. The number of hydrogen-bond donors (Lipinski definition) is 1. The first-order chi connectivity index (χ1) is 14.5. The van der Waals surface area contributed by atoms with E-state index >= 15 is 0 Å². The van der Waals surface area contributed by atoms with Crippen molar-refractivity contribution in [2.75, 3.05) is 38.2 Å². The number of nitrogens with zero attached hydrogens (tertiary/aromatic N) is 2. The summed E-state index contributed by atoms with van der Waals surface area (Å²) in [4.78, 5) is 18.1. The molecule has 30 heavy (non-hydrogen) atoms. The molecule has 4 aliphatic carbocycles. The first kappa shape index (κ1) is 20.2. The van der Waals surface area contributed by atoms with Gasteiger partial charge in [-0.25, -0.2) is 0 Å². The summed E-state index contributed by atoms with van der Waals surface area (Å²) in [5.74, 6) is 3.74. The van der Waals surface area contributed by atoms with Crippen LogP contribution < -0.4 is 15.0 Å². The molecule has 1 atom stereocenters. The van der Waals surface area contributed by atoms with Gasteiger partial charge in [-0.1, -0.05) is 0 Å². The molecule has 5 heteroatoms. The zero-order chi connectivity index (χ0) is 20.7. The average molecular weight is 412 g/mol. The number of rotatable bonds is 5. The van der Waals surface area contributed by atoms with Gasteiger partial charge < -0.3 is 15.0 Å². The van der Waals surface area contributed by atoms with Crippen LogP contribution in [0.4, 0.5) is 5.69 Å². The minimum Gasteiger partial charge on any atom is -0.497 e. The van der Waals surface area contributed by atoms with E-state index in [-0.39, 0.29) is 17.5 Å². The first-order valence-corrected chi connectivity index (χ1v) is 12.0. The lowest BCUT2D eigenvalue weighted by Gasteiger charge is -2.57. The number of benzene rings is 1. The highest BCUT2D eigenvalue weighted by molar-refractivity contribution is 5.82.